The fraction of sp³-hybridized carbons (Fsp3) is 0.300. The lowest BCUT2D eigenvalue weighted by Gasteiger charge is -2.29. The molecule has 3 aromatic rings. The Bertz CT molecular complexity index is 1170. The fourth-order valence-corrected chi connectivity index (χ4v) is 3.59. The Hall–Kier alpha value is -3.66. The quantitative estimate of drug-likeness (QED) is 0.568. The van der Waals surface area contributed by atoms with Gasteiger partial charge in [0.05, 0.1) is 18.6 Å². The summed E-state index contributed by atoms with van der Waals surface area (Å²) in [4.78, 5) is 35.3. The number of aromatic nitrogens is 3. The predicted molar refractivity (Wildman–Crippen MR) is 115 cm³/mol. The highest BCUT2D eigenvalue weighted by atomic mass is 16.5. The number of hydrogen-bond acceptors (Lipinski definition) is 8. The van der Waals surface area contributed by atoms with Gasteiger partial charge in [0, 0.05) is 37.2 Å². The van der Waals surface area contributed by atoms with Crippen molar-refractivity contribution in [3.05, 3.63) is 46.2 Å². The van der Waals surface area contributed by atoms with Crippen LogP contribution >= 0.6 is 0 Å². The lowest BCUT2D eigenvalue weighted by atomic mass is 10.1. The zero-order chi connectivity index (χ0) is 21.3. The van der Waals surface area contributed by atoms with E-state index in [0.29, 0.717) is 31.4 Å². The van der Waals surface area contributed by atoms with E-state index in [0.717, 1.165) is 24.5 Å². The van der Waals surface area contributed by atoms with Gasteiger partial charge in [0.1, 0.15) is 11.4 Å². The molecule has 5 N–H and O–H groups in total. The van der Waals surface area contributed by atoms with Gasteiger partial charge < -0.3 is 31.0 Å². The normalized spacial score (nSPS) is 14.1. The Morgan fingerprint density at radius 3 is 2.77 bits per heavy atom. The van der Waals surface area contributed by atoms with E-state index < -0.39 is 11.3 Å². The molecule has 0 spiro atoms. The first-order chi connectivity index (χ1) is 14.5. The minimum Gasteiger partial charge on any atom is -0.384 e. The molecule has 0 aliphatic carbocycles. The number of rotatable bonds is 5. The van der Waals surface area contributed by atoms with Crippen molar-refractivity contribution in [1.29, 1.82) is 0 Å². The Kier molecular flexibility index (Phi) is 5.23. The maximum absolute atomic E-state index is 12.6. The van der Waals surface area contributed by atoms with Gasteiger partial charge in [-0.15, -0.1) is 0 Å². The topological polar surface area (TPSA) is 141 Å². The summed E-state index contributed by atoms with van der Waals surface area (Å²) in [6, 6.07) is 7.91. The first-order valence-electron chi connectivity index (χ1n) is 9.68. The summed E-state index contributed by atoms with van der Waals surface area (Å²) in [6.45, 7) is 5.32. The van der Waals surface area contributed by atoms with Crippen LogP contribution in [0.3, 0.4) is 0 Å². The molecule has 1 amide bonds. The molecule has 0 unspecified atom stereocenters. The van der Waals surface area contributed by atoms with Crippen LogP contribution in [-0.2, 0) is 11.3 Å². The number of nitrogens with zero attached hydrogens (tertiary/aromatic N) is 4. The smallest absolute Gasteiger partial charge is 0.256 e. The average Bonchev–Trinajstić information content (AvgIpc) is 2.74. The SMILES string of the molecule is CCn1c(N)c(C(N)=O)c(=O)c2cnc(Nc3cccc(N4CCOCC4)c3)nc21. The number of fused-ring (bicyclic) bond motifs is 1. The van der Waals surface area contributed by atoms with Gasteiger partial charge in [0.2, 0.25) is 11.4 Å². The minimum atomic E-state index is -0.872. The van der Waals surface area contributed by atoms with Crippen molar-refractivity contribution >= 4 is 40.1 Å². The molecular weight excluding hydrogens is 386 g/mol. The first kappa shape index (κ1) is 19.6. The second-order valence-corrected chi connectivity index (χ2v) is 6.90. The number of carbonyl (C=O) groups is 1. The number of ether oxygens (including phenoxy) is 1. The molecule has 0 radical (unpaired) electrons. The summed E-state index contributed by atoms with van der Waals surface area (Å²) in [5, 5.41) is 3.36. The standard InChI is InChI=1S/C20H23N7O3/c1-2-27-17(21)15(18(22)29)16(28)14-11-23-20(25-19(14)27)24-12-4-3-5-13(10-12)26-6-8-30-9-7-26/h3-5,10-11H,2,6-9,21H2,1H3,(H2,22,29)(H,23,24,25). The number of hydrogen-bond donors (Lipinski definition) is 3. The molecular formula is C20H23N7O3. The minimum absolute atomic E-state index is 0.00136. The number of nitrogen functional groups attached to an aromatic ring is 1. The molecule has 3 heterocycles. The summed E-state index contributed by atoms with van der Waals surface area (Å²) in [7, 11) is 0. The van der Waals surface area contributed by atoms with Gasteiger partial charge in [0.25, 0.3) is 5.91 Å². The second-order valence-electron chi connectivity index (χ2n) is 6.90. The van der Waals surface area contributed by atoms with Gasteiger partial charge in [-0.3, -0.25) is 9.59 Å². The largest absolute Gasteiger partial charge is 0.384 e. The van der Waals surface area contributed by atoms with E-state index in [1.807, 2.05) is 31.2 Å². The van der Waals surface area contributed by atoms with Crippen LogP contribution in [0.25, 0.3) is 11.0 Å². The number of carbonyl (C=O) groups excluding carboxylic acids is 1. The zero-order valence-corrected chi connectivity index (χ0v) is 16.6. The second kappa shape index (κ2) is 7.99. The number of anilines is 4. The van der Waals surface area contributed by atoms with E-state index in [1.165, 1.54) is 6.20 Å². The highest BCUT2D eigenvalue weighted by molar-refractivity contribution is 6.00. The van der Waals surface area contributed by atoms with Crippen molar-refractivity contribution in [2.75, 3.05) is 42.3 Å². The van der Waals surface area contributed by atoms with E-state index in [2.05, 4.69) is 20.2 Å². The van der Waals surface area contributed by atoms with Gasteiger partial charge in [0.15, 0.2) is 5.65 Å². The van der Waals surface area contributed by atoms with E-state index in [9.17, 15) is 9.59 Å². The average molecular weight is 409 g/mol. The third-order valence-electron chi connectivity index (χ3n) is 5.08. The van der Waals surface area contributed by atoms with Gasteiger partial charge in [-0.05, 0) is 25.1 Å². The maximum Gasteiger partial charge on any atom is 0.256 e. The van der Waals surface area contributed by atoms with E-state index in [-0.39, 0.29) is 16.8 Å². The van der Waals surface area contributed by atoms with Gasteiger partial charge in [-0.25, -0.2) is 4.98 Å². The third kappa shape index (κ3) is 3.52. The summed E-state index contributed by atoms with van der Waals surface area (Å²) < 4.78 is 6.99. The van der Waals surface area contributed by atoms with Crippen molar-refractivity contribution < 1.29 is 9.53 Å². The number of benzene rings is 1. The third-order valence-corrected chi connectivity index (χ3v) is 5.08. The Morgan fingerprint density at radius 1 is 1.30 bits per heavy atom. The summed E-state index contributed by atoms with van der Waals surface area (Å²) >= 11 is 0. The van der Waals surface area contributed by atoms with Crippen LogP contribution in [0.1, 0.15) is 17.3 Å². The van der Waals surface area contributed by atoms with Crippen LogP contribution in [0.15, 0.2) is 35.3 Å². The molecule has 1 aliphatic rings. The molecule has 0 atom stereocenters. The molecule has 1 aromatic carbocycles. The highest BCUT2D eigenvalue weighted by Gasteiger charge is 2.20. The number of aryl methyl sites for hydroxylation is 1. The summed E-state index contributed by atoms with van der Waals surface area (Å²) in [5.74, 6) is -0.556. The Morgan fingerprint density at radius 2 is 2.07 bits per heavy atom. The first-order valence-corrected chi connectivity index (χ1v) is 9.68. The maximum atomic E-state index is 12.6. The van der Waals surface area contributed by atoms with Gasteiger partial charge >= 0.3 is 0 Å². The monoisotopic (exact) mass is 409 g/mol. The van der Waals surface area contributed by atoms with Crippen molar-refractivity contribution in [2.45, 2.75) is 13.5 Å². The number of pyridine rings is 1. The van der Waals surface area contributed by atoms with Crippen molar-refractivity contribution in [3.8, 4) is 0 Å². The van der Waals surface area contributed by atoms with E-state index in [1.54, 1.807) is 4.57 Å². The van der Waals surface area contributed by atoms with Crippen molar-refractivity contribution in [1.82, 2.24) is 14.5 Å². The zero-order valence-electron chi connectivity index (χ0n) is 16.6. The number of amides is 1. The van der Waals surface area contributed by atoms with Crippen LogP contribution < -0.4 is 27.1 Å². The molecule has 0 bridgehead atoms. The highest BCUT2D eigenvalue weighted by Crippen LogP contribution is 2.23. The fourth-order valence-electron chi connectivity index (χ4n) is 3.59. The summed E-state index contributed by atoms with van der Waals surface area (Å²) in [5.41, 5.74) is 12.8. The molecule has 0 saturated carbocycles. The summed E-state index contributed by atoms with van der Waals surface area (Å²) in [6.07, 6.45) is 1.39. The number of primary amides is 1. The molecule has 10 heteroatoms. The van der Waals surface area contributed by atoms with Crippen molar-refractivity contribution in [2.24, 2.45) is 5.73 Å². The molecule has 156 valence electrons. The Labute approximate surface area is 172 Å². The molecule has 1 aliphatic heterocycles. The van der Waals surface area contributed by atoms with Gasteiger partial charge in [-0.2, -0.15) is 4.98 Å². The van der Waals surface area contributed by atoms with Crippen LogP contribution in [0.5, 0.6) is 0 Å². The number of morpholine rings is 1. The molecule has 10 nitrogen and oxygen atoms in total. The number of nitrogens with one attached hydrogen (secondary N) is 1. The van der Waals surface area contributed by atoms with Crippen LogP contribution in [0.2, 0.25) is 0 Å². The van der Waals surface area contributed by atoms with E-state index >= 15 is 0 Å². The van der Waals surface area contributed by atoms with Crippen LogP contribution in [-0.4, -0.2) is 46.7 Å². The lowest BCUT2D eigenvalue weighted by molar-refractivity contribution is 0.0999. The van der Waals surface area contributed by atoms with Crippen LogP contribution in [0.4, 0.5) is 23.1 Å². The predicted octanol–water partition coefficient (Wildman–Crippen LogP) is 1.07. The number of nitrogens with two attached hydrogens (primary N) is 2. The lowest BCUT2D eigenvalue weighted by Crippen LogP contribution is -2.36. The molecule has 1 saturated heterocycles. The van der Waals surface area contributed by atoms with E-state index in [4.69, 9.17) is 16.2 Å². The molecule has 4 rings (SSSR count). The van der Waals surface area contributed by atoms with Gasteiger partial charge in [-0.1, -0.05) is 6.07 Å². The molecule has 2 aromatic heterocycles. The molecule has 30 heavy (non-hydrogen) atoms. The van der Waals surface area contributed by atoms with Crippen molar-refractivity contribution in [3.63, 3.8) is 0 Å². The van der Waals surface area contributed by atoms with Crippen LogP contribution in [0, 0.1) is 0 Å². The molecule has 1 fully saturated rings. The Balaban J connectivity index is 1.72.